The first kappa shape index (κ1) is 18.5. The molecule has 1 aliphatic rings. The van der Waals surface area contributed by atoms with Gasteiger partial charge in [-0.05, 0) is 58.7 Å². The topological polar surface area (TPSA) is 75.1 Å². The van der Waals surface area contributed by atoms with Crippen molar-refractivity contribution < 1.29 is 8.85 Å². The number of aryl methyl sites for hydroxylation is 2. The maximum absolute atomic E-state index is 13.1. The number of aromatic nitrogens is 3. The Morgan fingerprint density at radius 3 is 2.74 bits per heavy atom. The van der Waals surface area contributed by atoms with Crippen molar-refractivity contribution in [3.05, 3.63) is 117 Å². The highest BCUT2D eigenvalue weighted by molar-refractivity contribution is 6.31. The molecule has 0 fully saturated rings. The summed E-state index contributed by atoms with van der Waals surface area (Å²) in [4.78, 5) is 17.5. The molecular weight excluding hydrogens is 460 g/mol. The number of pyridine rings is 1. The fourth-order valence-corrected chi connectivity index (χ4v) is 5.03. The van der Waals surface area contributed by atoms with Crippen LogP contribution in [-0.2, 0) is 26.2 Å². The van der Waals surface area contributed by atoms with Crippen LogP contribution < -0.4 is 16.0 Å². The van der Waals surface area contributed by atoms with Crippen molar-refractivity contribution in [2.24, 2.45) is 19.8 Å². The molecule has 0 saturated heterocycles. The van der Waals surface area contributed by atoms with Gasteiger partial charge >= 0.3 is 0 Å². The maximum Gasteiger partial charge on any atom is 0.251 e. The largest absolute Gasteiger partial charge is 0.489 e. The summed E-state index contributed by atoms with van der Waals surface area (Å²) in [5, 5.41) is 1.11. The Kier molecular flexibility index (Phi) is 4.13. The lowest BCUT2D eigenvalue weighted by molar-refractivity contribution is 0.306. The predicted molar refractivity (Wildman–Crippen MR) is 138 cm³/mol. The van der Waals surface area contributed by atoms with Crippen LogP contribution in [-0.4, -0.2) is 14.1 Å². The molecule has 2 N–H and O–H groups in total. The van der Waals surface area contributed by atoms with E-state index in [1.54, 1.807) is 30.7 Å². The summed E-state index contributed by atoms with van der Waals surface area (Å²) in [6.07, 6.45) is 3.38. The van der Waals surface area contributed by atoms with Crippen LogP contribution in [0.2, 0.25) is 5.02 Å². The van der Waals surface area contributed by atoms with Crippen molar-refractivity contribution in [1.82, 2.24) is 14.1 Å². The number of rotatable bonds is 1. The lowest BCUT2D eigenvalue weighted by Gasteiger charge is -2.32. The molecule has 0 radical (unpaired) electrons. The average molecular weight is 486 g/mol. The number of benzene rings is 3. The number of nitrogens with two attached hydrogens (primary N) is 1. The summed E-state index contributed by atoms with van der Waals surface area (Å²) < 4.78 is 32.9. The highest BCUT2D eigenvalue weighted by Gasteiger charge is 2.35. The van der Waals surface area contributed by atoms with Gasteiger partial charge in [0.25, 0.3) is 5.56 Å². The molecule has 3 heterocycles. The second-order valence-electron chi connectivity index (χ2n) is 8.78. The van der Waals surface area contributed by atoms with Gasteiger partial charge in [-0.1, -0.05) is 35.9 Å². The molecule has 174 valence electrons. The molecule has 6 nitrogen and oxygen atoms in total. The van der Waals surface area contributed by atoms with E-state index in [0.29, 0.717) is 38.5 Å². The number of nitrogens with zero attached hydrogens (tertiary/aromatic N) is 3. The van der Waals surface area contributed by atoms with Crippen LogP contribution in [0.5, 0.6) is 5.75 Å². The van der Waals surface area contributed by atoms with Gasteiger partial charge in [-0.25, -0.2) is 4.98 Å². The minimum atomic E-state index is -2.67. The molecular formula is C28H23ClN4O2. The SMILES string of the molecule is [2H]C([2H])([2H])n1c(=O)cc2c3cc(ccc31)[C@](N)(c1cncn1C)c1ccc(Cl)c(c1)COc1cccc-2c1. The van der Waals surface area contributed by atoms with Crippen LogP contribution in [0.4, 0.5) is 0 Å². The lowest BCUT2D eigenvalue weighted by atomic mass is 9.79. The number of hydrogen-bond donors (Lipinski definition) is 1. The van der Waals surface area contributed by atoms with Crippen LogP contribution in [0.1, 0.15) is 26.5 Å². The second-order valence-corrected chi connectivity index (χ2v) is 9.19. The van der Waals surface area contributed by atoms with E-state index in [1.807, 2.05) is 54.1 Å². The second kappa shape index (κ2) is 7.83. The lowest BCUT2D eigenvalue weighted by Crippen LogP contribution is -2.41. The van der Waals surface area contributed by atoms with Crippen LogP contribution in [0.25, 0.3) is 22.0 Å². The van der Waals surface area contributed by atoms with Gasteiger partial charge < -0.3 is 19.6 Å². The molecule has 2 aromatic heterocycles. The quantitative estimate of drug-likeness (QED) is 0.372. The number of fused-ring (bicyclic) bond motifs is 6. The molecule has 0 amide bonds. The molecule has 1 atom stereocenters. The first-order valence-electron chi connectivity index (χ1n) is 12.6. The minimum Gasteiger partial charge on any atom is -0.489 e. The van der Waals surface area contributed by atoms with E-state index in [-0.39, 0.29) is 12.1 Å². The first-order valence-corrected chi connectivity index (χ1v) is 11.4. The minimum absolute atomic E-state index is 0.200. The highest BCUT2D eigenvalue weighted by atomic mass is 35.5. The van der Waals surface area contributed by atoms with Crippen molar-refractivity contribution in [2.75, 3.05) is 0 Å². The number of imidazole rings is 1. The molecule has 5 aromatic rings. The zero-order valence-electron chi connectivity index (χ0n) is 21.8. The fraction of sp³-hybridized carbons (Fsp3) is 0.143. The summed E-state index contributed by atoms with van der Waals surface area (Å²) in [5.74, 6) is 0.582. The normalized spacial score (nSPS) is 18.5. The molecule has 6 rings (SSSR count). The Morgan fingerprint density at radius 1 is 1.11 bits per heavy atom. The van der Waals surface area contributed by atoms with E-state index in [2.05, 4.69) is 4.98 Å². The van der Waals surface area contributed by atoms with Gasteiger partial charge in [-0.3, -0.25) is 4.79 Å². The zero-order valence-corrected chi connectivity index (χ0v) is 19.6. The first-order chi connectivity index (χ1) is 18.1. The molecule has 1 aliphatic heterocycles. The third-order valence-electron chi connectivity index (χ3n) is 6.73. The maximum atomic E-state index is 13.1. The van der Waals surface area contributed by atoms with Crippen LogP contribution in [0.3, 0.4) is 0 Å². The van der Waals surface area contributed by atoms with Gasteiger partial charge in [-0.15, -0.1) is 0 Å². The molecule has 3 aromatic carbocycles. The van der Waals surface area contributed by atoms with E-state index >= 15 is 0 Å². The average Bonchev–Trinajstić information content (AvgIpc) is 3.32. The zero-order chi connectivity index (χ0) is 26.8. The smallest absolute Gasteiger partial charge is 0.251 e. The molecule has 6 bridgehead atoms. The number of ether oxygens (including phenoxy) is 1. The van der Waals surface area contributed by atoms with E-state index in [1.165, 1.54) is 6.07 Å². The molecule has 7 heteroatoms. The van der Waals surface area contributed by atoms with Gasteiger partial charge in [0.05, 0.1) is 23.7 Å². The van der Waals surface area contributed by atoms with Crippen LogP contribution >= 0.6 is 11.6 Å². The van der Waals surface area contributed by atoms with Crippen LogP contribution in [0, 0.1) is 0 Å². The van der Waals surface area contributed by atoms with Gasteiger partial charge in [0.1, 0.15) is 17.9 Å². The van der Waals surface area contributed by atoms with E-state index in [9.17, 15) is 4.79 Å². The third-order valence-corrected chi connectivity index (χ3v) is 7.10. The Morgan fingerprint density at radius 2 is 1.94 bits per heavy atom. The fourth-order valence-electron chi connectivity index (χ4n) is 4.86. The van der Waals surface area contributed by atoms with Crippen molar-refractivity contribution in [1.29, 1.82) is 0 Å². The Balaban J connectivity index is 1.78. The predicted octanol–water partition coefficient (Wildman–Crippen LogP) is 4.74. The van der Waals surface area contributed by atoms with E-state index < -0.39 is 18.1 Å². The van der Waals surface area contributed by atoms with Crippen molar-refractivity contribution in [3.8, 4) is 16.9 Å². The van der Waals surface area contributed by atoms with Gasteiger partial charge in [0.15, 0.2) is 0 Å². The summed E-state index contributed by atoms with van der Waals surface area (Å²) >= 11 is 6.56. The summed E-state index contributed by atoms with van der Waals surface area (Å²) in [5.41, 5.74) is 9.98. The molecule has 35 heavy (non-hydrogen) atoms. The summed E-state index contributed by atoms with van der Waals surface area (Å²) in [7, 11) is 1.86. The Bertz CT molecular complexity index is 1790. The van der Waals surface area contributed by atoms with Gasteiger partial charge in [0, 0.05) is 40.2 Å². The monoisotopic (exact) mass is 485 g/mol. The summed E-state index contributed by atoms with van der Waals surface area (Å²) in [6.45, 7) is -2.47. The van der Waals surface area contributed by atoms with Gasteiger partial charge in [-0.2, -0.15) is 0 Å². The molecule has 0 saturated carbocycles. The van der Waals surface area contributed by atoms with Gasteiger partial charge in [0.2, 0.25) is 0 Å². The molecule has 0 spiro atoms. The van der Waals surface area contributed by atoms with Crippen molar-refractivity contribution in [2.45, 2.75) is 12.1 Å². The standard InChI is InChI=1S/C28H23ClN4O2/c1-32-16-31-14-26(32)28(30)19-6-8-24(29)18(10-19)15-35-21-5-3-4-17(11-21)22-13-27(34)33(2)25-9-7-20(28)12-23(22)25/h3-14,16H,15,30H2,1-2H3/t28-/m0/s1/i2D3. The Hall–Kier alpha value is -3.87. The van der Waals surface area contributed by atoms with Crippen molar-refractivity contribution >= 4 is 22.5 Å². The molecule has 0 unspecified atom stereocenters. The number of halogens is 1. The van der Waals surface area contributed by atoms with E-state index in [4.69, 9.17) is 26.2 Å². The van der Waals surface area contributed by atoms with Crippen LogP contribution in [0.15, 0.2) is 84.0 Å². The highest BCUT2D eigenvalue weighted by Crippen LogP contribution is 2.39. The van der Waals surface area contributed by atoms with E-state index in [0.717, 1.165) is 15.7 Å². The Labute approximate surface area is 211 Å². The molecule has 0 aliphatic carbocycles. The van der Waals surface area contributed by atoms with Crippen molar-refractivity contribution in [3.63, 3.8) is 0 Å². The number of hydrogen-bond acceptors (Lipinski definition) is 4. The third kappa shape index (κ3) is 3.29. The summed E-state index contributed by atoms with van der Waals surface area (Å²) in [6, 6.07) is 19.6.